The Morgan fingerprint density at radius 3 is 2.47 bits per heavy atom. The first kappa shape index (κ1) is 27.8. The smallest absolute Gasteiger partial charge is 0.229 e. The van der Waals surface area contributed by atoms with Gasteiger partial charge in [0, 0.05) is 48.9 Å². The van der Waals surface area contributed by atoms with E-state index in [0.717, 1.165) is 17.8 Å². The fourth-order valence-electron chi connectivity index (χ4n) is 4.55. The summed E-state index contributed by atoms with van der Waals surface area (Å²) in [6, 6.07) is 11.3. The maximum absolute atomic E-state index is 13.1. The first-order chi connectivity index (χ1) is 17.0. The molecule has 1 aliphatic rings. The van der Waals surface area contributed by atoms with Crippen molar-refractivity contribution in [1.29, 1.82) is 0 Å². The number of benzene rings is 2. The molecule has 1 amide bonds. The number of amides is 1. The number of hydrogen-bond donors (Lipinski definition) is 2. The largest absolute Gasteiger partial charge is 0.493 e. The molecular formula is C27H39N3O5S. The summed E-state index contributed by atoms with van der Waals surface area (Å²) in [5.74, 6) is 0.834. The van der Waals surface area contributed by atoms with Crippen LogP contribution in [0.5, 0.6) is 11.5 Å². The molecule has 198 valence electrons. The highest BCUT2D eigenvalue weighted by Gasteiger charge is 2.24. The predicted octanol–water partition coefficient (Wildman–Crippen LogP) is 4.21. The number of anilines is 2. The molecule has 1 aliphatic heterocycles. The molecule has 8 nitrogen and oxygen atoms in total. The van der Waals surface area contributed by atoms with Crippen molar-refractivity contribution in [1.82, 2.24) is 4.90 Å². The number of aryl methyl sites for hydroxylation is 1. The van der Waals surface area contributed by atoms with Crippen LogP contribution in [0.25, 0.3) is 0 Å². The van der Waals surface area contributed by atoms with Crippen LogP contribution in [0, 0.1) is 5.92 Å². The fourth-order valence-corrected chi connectivity index (χ4v) is 5.23. The quantitative estimate of drug-likeness (QED) is 0.487. The number of sulfone groups is 1. The van der Waals surface area contributed by atoms with Crippen molar-refractivity contribution in [3.63, 3.8) is 0 Å². The highest BCUT2D eigenvalue weighted by molar-refractivity contribution is 7.90. The van der Waals surface area contributed by atoms with Gasteiger partial charge in [-0.25, -0.2) is 8.42 Å². The average molecular weight is 518 g/mol. The van der Waals surface area contributed by atoms with E-state index in [4.69, 9.17) is 9.47 Å². The highest BCUT2D eigenvalue weighted by atomic mass is 32.2. The molecule has 0 saturated carbocycles. The summed E-state index contributed by atoms with van der Waals surface area (Å²) in [4.78, 5) is 15.7. The van der Waals surface area contributed by atoms with Gasteiger partial charge in [0.05, 0.1) is 17.9 Å². The number of nitrogens with zero attached hydrogens (tertiary/aromatic N) is 1. The van der Waals surface area contributed by atoms with E-state index in [1.54, 1.807) is 43.5 Å². The van der Waals surface area contributed by atoms with Gasteiger partial charge in [0.1, 0.15) is 6.61 Å². The lowest BCUT2D eigenvalue weighted by atomic mass is 10.00. The summed E-state index contributed by atoms with van der Waals surface area (Å²) in [5.41, 5.74) is 2.42. The molecular weight excluding hydrogens is 478 g/mol. The summed E-state index contributed by atoms with van der Waals surface area (Å²) >= 11 is 0. The van der Waals surface area contributed by atoms with Crippen molar-refractivity contribution in [3.8, 4) is 11.5 Å². The van der Waals surface area contributed by atoms with Crippen LogP contribution in [0.1, 0.15) is 39.7 Å². The van der Waals surface area contributed by atoms with Crippen molar-refractivity contribution in [3.05, 3.63) is 42.0 Å². The number of rotatable bonds is 10. The van der Waals surface area contributed by atoms with Crippen LogP contribution < -0.4 is 20.1 Å². The summed E-state index contributed by atoms with van der Waals surface area (Å²) in [6.45, 7) is 10.4. The van der Waals surface area contributed by atoms with Gasteiger partial charge in [-0.2, -0.15) is 0 Å². The molecule has 0 fully saturated rings. The number of carbonyl (C=O) groups is 1. The zero-order valence-electron chi connectivity index (χ0n) is 22.1. The third-order valence-electron chi connectivity index (χ3n) is 6.54. The van der Waals surface area contributed by atoms with Crippen LogP contribution >= 0.6 is 0 Å². The number of hydrogen-bond acceptors (Lipinski definition) is 7. The molecule has 0 saturated heterocycles. The molecule has 3 rings (SSSR count). The second-order valence-electron chi connectivity index (χ2n) is 9.84. The Bertz CT molecular complexity index is 1160. The number of nitrogens with one attached hydrogen (secondary N) is 2. The second-order valence-corrected chi connectivity index (χ2v) is 11.9. The standard InChI is InChI=1S/C27H39N3O5S/c1-18(2)30(19(3)4)13-14-35-26-16-22(9-12-25(26)34-5)29-27(31)21-8-7-20-15-23(36(6,32)33)10-11-24(20)28-17-21/h9-12,15-16,18-19,21,28H,7-8,13-14,17H2,1-6H3,(H,29,31). The number of fused-ring (bicyclic) bond motifs is 1. The van der Waals surface area contributed by atoms with Crippen molar-refractivity contribution in [2.75, 3.05) is 43.7 Å². The highest BCUT2D eigenvalue weighted by Crippen LogP contribution is 2.31. The van der Waals surface area contributed by atoms with Gasteiger partial charge in [0.25, 0.3) is 0 Å². The third-order valence-corrected chi connectivity index (χ3v) is 7.65. The molecule has 0 bridgehead atoms. The lowest BCUT2D eigenvalue weighted by Crippen LogP contribution is -2.39. The average Bonchev–Trinajstić information content (AvgIpc) is 3.03. The minimum atomic E-state index is -3.28. The van der Waals surface area contributed by atoms with Gasteiger partial charge in [-0.3, -0.25) is 9.69 Å². The number of ether oxygens (including phenoxy) is 2. The first-order valence-corrected chi connectivity index (χ1v) is 14.3. The molecule has 36 heavy (non-hydrogen) atoms. The Morgan fingerprint density at radius 1 is 1.11 bits per heavy atom. The van der Waals surface area contributed by atoms with Crippen molar-refractivity contribution in [2.45, 2.75) is 57.5 Å². The fraction of sp³-hybridized carbons (Fsp3) is 0.519. The molecule has 9 heteroatoms. The Labute approximate surface area is 215 Å². The Balaban J connectivity index is 1.64. The monoisotopic (exact) mass is 517 g/mol. The lowest BCUT2D eigenvalue weighted by molar-refractivity contribution is -0.119. The molecule has 0 aromatic heterocycles. The summed E-state index contributed by atoms with van der Waals surface area (Å²) in [5, 5.41) is 6.31. The van der Waals surface area contributed by atoms with Crippen molar-refractivity contribution < 1.29 is 22.7 Å². The van der Waals surface area contributed by atoms with Crippen LogP contribution in [0.3, 0.4) is 0 Å². The predicted molar refractivity (Wildman–Crippen MR) is 144 cm³/mol. The zero-order valence-corrected chi connectivity index (χ0v) is 22.9. The normalized spacial score (nSPS) is 15.9. The minimum absolute atomic E-state index is 0.0967. The van der Waals surface area contributed by atoms with Gasteiger partial charge in [-0.15, -0.1) is 0 Å². The van der Waals surface area contributed by atoms with E-state index in [1.165, 1.54) is 6.26 Å². The summed E-state index contributed by atoms with van der Waals surface area (Å²) in [7, 11) is -1.68. The molecule has 1 atom stereocenters. The van der Waals surface area contributed by atoms with Crippen LogP contribution in [-0.4, -0.2) is 64.4 Å². The molecule has 1 unspecified atom stereocenters. The Kier molecular flexibility index (Phi) is 9.24. The Hall–Kier alpha value is -2.78. The third kappa shape index (κ3) is 7.13. The van der Waals surface area contributed by atoms with Crippen LogP contribution in [0.4, 0.5) is 11.4 Å². The van der Waals surface area contributed by atoms with E-state index in [-0.39, 0.29) is 11.8 Å². The van der Waals surface area contributed by atoms with Gasteiger partial charge in [-0.05, 0) is 76.4 Å². The van der Waals surface area contributed by atoms with Crippen LogP contribution in [0.2, 0.25) is 0 Å². The second kappa shape index (κ2) is 12.0. The van der Waals surface area contributed by atoms with Gasteiger partial charge < -0.3 is 20.1 Å². The number of methoxy groups -OCH3 is 1. The van der Waals surface area contributed by atoms with Gasteiger partial charge in [0.15, 0.2) is 21.3 Å². The zero-order chi connectivity index (χ0) is 26.5. The topological polar surface area (TPSA) is 97.0 Å². The van der Waals surface area contributed by atoms with E-state index in [1.807, 2.05) is 0 Å². The van der Waals surface area contributed by atoms with E-state index in [2.05, 4.69) is 43.2 Å². The molecule has 1 heterocycles. The molecule has 0 radical (unpaired) electrons. The summed E-state index contributed by atoms with van der Waals surface area (Å²) < 4.78 is 35.3. The van der Waals surface area contributed by atoms with Crippen molar-refractivity contribution in [2.24, 2.45) is 5.92 Å². The van der Waals surface area contributed by atoms with Gasteiger partial charge in [0.2, 0.25) is 5.91 Å². The van der Waals surface area contributed by atoms with Crippen LogP contribution in [-0.2, 0) is 21.1 Å². The number of carbonyl (C=O) groups excluding carboxylic acids is 1. The molecule has 2 aromatic rings. The molecule has 0 spiro atoms. The van der Waals surface area contributed by atoms with E-state index < -0.39 is 9.84 Å². The molecule has 0 aliphatic carbocycles. The van der Waals surface area contributed by atoms with Gasteiger partial charge in [-0.1, -0.05) is 0 Å². The van der Waals surface area contributed by atoms with Gasteiger partial charge >= 0.3 is 0 Å². The van der Waals surface area contributed by atoms with Crippen molar-refractivity contribution >= 4 is 27.1 Å². The van der Waals surface area contributed by atoms with E-state index in [0.29, 0.717) is 60.2 Å². The molecule has 2 N–H and O–H groups in total. The molecule has 2 aromatic carbocycles. The maximum atomic E-state index is 13.1. The minimum Gasteiger partial charge on any atom is -0.493 e. The first-order valence-electron chi connectivity index (χ1n) is 12.4. The lowest BCUT2D eigenvalue weighted by Gasteiger charge is -2.30. The SMILES string of the molecule is COc1ccc(NC(=O)C2CCc3cc(S(C)(=O)=O)ccc3NC2)cc1OCCN(C(C)C)C(C)C. The van der Waals surface area contributed by atoms with E-state index in [9.17, 15) is 13.2 Å². The van der Waals surface area contributed by atoms with Crippen LogP contribution in [0.15, 0.2) is 41.3 Å². The Morgan fingerprint density at radius 2 is 1.83 bits per heavy atom. The van der Waals surface area contributed by atoms with E-state index >= 15 is 0 Å². The maximum Gasteiger partial charge on any atom is 0.229 e. The summed E-state index contributed by atoms with van der Waals surface area (Å²) in [6.07, 6.45) is 2.42.